The van der Waals surface area contributed by atoms with Crippen molar-refractivity contribution >= 4 is 15.7 Å². The Kier molecular flexibility index (Phi) is 5.43. The van der Waals surface area contributed by atoms with Crippen LogP contribution in [0.15, 0.2) is 0 Å². The average molecular weight is 302 g/mol. The Balaban J connectivity index is 1.77. The van der Waals surface area contributed by atoms with Gasteiger partial charge in [0.2, 0.25) is 5.91 Å². The quantitative estimate of drug-likeness (QED) is 0.793. The minimum Gasteiger partial charge on any atom is -0.339 e. The summed E-state index contributed by atoms with van der Waals surface area (Å²) in [6, 6.07) is 0.466. The second-order valence-electron chi connectivity index (χ2n) is 5.92. The maximum absolute atomic E-state index is 12.2. The zero-order chi connectivity index (χ0) is 14.6. The Bertz CT molecular complexity index is 430. The standard InChI is InChI=1S/C14H26N2O3S/c1-2-16(13-8-10-20(18,19)11-13)14(17)7-9-15-12-5-3-4-6-12/h12-13,15H,2-11H2,1H3. The van der Waals surface area contributed by atoms with Crippen molar-refractivity contribution in [1.82, 2.24) is 10.2 Å². The minimum atomic E-state index is -2.93. The van der Waals surface area contributed by atoms with Gasteiger partial charge in [-0.25, -0.2) is 8.42 Å². The summed E-state index contributed by atoms with van der Waals surface area (Å²) in [4.78, 5) is 14.0. The van der Waals surface area contributed by atoms with Crippen LogP contribution in [0.5, 0.6) is 0 Å². The third kappa shape index (κ3) is 4.19. The summed E-state index contributed by atoms with van der Waals surface area (Å²) in [5.74, 6) is 0.449. The second-order valence-corrected chi connectivity index (χ2v) is 8.15. The Morgan fingerprint density at radius 3 is 2.50 bits per heavy atom. The highest BCUT2D eigenvalue weighted by Gasteiger charge is 2.33. The predicted octanol–water partition coefficient (Wildman–Crippen LogP) is 0.944. The van der Waals surface area contributed by atoms with Crippen LogP contribution in [0.2, 0.25) is 0 Å². The van der Waals surface area contributed by atoms with Crippen LogP contribution in [0.4, 0.5) is 0 Å². The number of rotatable bonds is 6. The average Bonchev–Trinajstić information content (AvgIpc) is 3.00. The van der Waals surface area contributed by atoms with Crippen LogP contribution in [0, 0.1) is 0 Å². The zero-order valence-corrected chi connectivity index (χ0v) is 13.1. The molecule has 0 aromatic rings. The van der Waals surface area contributed by atoms with Crippen LogP contribution in [-0.4, -0.2) is 55.9 Å². The minimum absolute atomic E-state index is 0.0834. The molecule has 0 aromatic heterocycles. The van der Waals surface area contributed by atoms with Crippen LogP contribution >= 0.6 is 0 Å². The number of carbonyl (C=O) groups is 1. The van der Waals surface area contributed by atoms with Crippen molar-refractivity contribution in [2.75, 3.05) is 24.6 Å². The number of nitrogens with one attached hydrogen (secondary N) is 1. The highest BCUT2D eigenvalue weighted by molar-refractivity contribution is 7.91. The number of hydrogen-bond donors (Lipinski definition) is 1. The van der Waals surface area contributed by atoms with E-state index in [0.717, 1.165) is 0 Å². The summed E-state index contributed by atoms with van der Waals surface area (Å²) >= 11 is 0. The molecule has 0 radical (unpaired) electrons. The lowest BCUT2D eigenvalue weighted by Gasteiger charge is -2.27. The predicted molar refractivity (Wildman–Crippen MR) is 79.3 cm³/mol. The molecule has 1 aliphatic carbocycles. The molecule has 1 unspecified atom stereocenters. The van der Waals surface area contributed by atoms with E-state index in [1.165, 1.54) is 25.7 Å². The Morgan fingerprint density at radius 2 is 1.95 bits per heavy atom. The molecular weight excluding hydrogens is 276 g/mol. The van der Waals surface area contributed by atoms with Crippen molar-refractivity contribution in [3.05, 3.63) is 0 Å². The lowest BCUT2D eigenvalue weighted by molar-refractivity contribution is -0.132. The summed E-state index contributed by atoms with van der Waals surface area (Å²) in [5.41, 5.74) is 0. The van der Waals surface area contributed by atoms with Gasteiger partial charge in [0, 0.05) is 31.6 Å². The smallest absolute Gasteiger partial charge is 0.224 e. The van der Waals surface area contributed by atoms with Gasteiger partial charge in [-0.15, -0.1) is 0 Å². The molecule has 1 aliphatic heterocycles. The van der Waals surface area contributed by atoms with Gasteiger partial charge >= 0.3 is 0 Å². The van der Waals surface area contributed by atoms with E-state index < -0.39 is 9.84 Å². The Morgan fingerprint density at radius 1 is 1.25 bits per heavy atom. The van der Waals surface area contributed by atoms with Crippen LogP contribution in [0.25, 0.3) is 0 Å². The molecule has 0 spiro atoms. The van der Waals surface area contributed by atoms with E-state index in [9.17, 15) is 13.2 Å². The lowest BCUT2D eigenvalue weighted by Crippen LogP contribution is -2.42. The van der Waals surface area contributed by atoms with Gasteiger partial charge < -0.3 is 10.2 Å². The summed E-state index contributed by atoms with van der Waals surface area (Å²) in [6.45, 7) is 3.23. The maximum Gasteiger partial charge on any atom is 0.224 e. The molecule has 116 valence electrons. The van der Waals surface area contributed by atoms with Gasteiger partial charge in [0.1, 0.15) is 0 Å². The SMILES string of the molecule is CCN(C(=O)CCNC1CCCC1)C1CCS(=O)(=O)C1. The van der Waals surface area contributed by atoms with E-state index >= 15 is 0 Å². The van der Waals surface area contributed by atoms with Gasteiger partial charge in [0.15, 0.2) is 9.84 Å². The number of sulfone groups is 1. The molecule has 1 saturated heterocycles. The molecule has 6 heteroatoms. The summed E-state index contributed by atoms with van der Waals surface area (Å²) in [6.07, 6.45) is 6.07. The van der Waals surface area contributed by atoms with Crippen molar-refractivity contribution < 1.29 is 13.2 Å². The summed E-state index contributed by atoms with van der Waals surface area (Å²) < 4.78 is 23.0. The summed E-state index contributed by atoms with van der Waals surface area (Å²) in [5, 5.41) is 3.43. The molecule has 1 atom stereocenters. The topological polar surface area (TPSA) is 66.5 Å². The molecule has 1 heterocycles. The van der Waals surface area contributed by atoms with Gasteiger partial charge in [-0.2, -0.15) is 0 Å². The van der Waals surface area contributed by atoms with Crippen molar-refractivity contribution in [3.63, 3.8) is 0 Å². The zero-order valence-electron chi connectivity index (χ0n) is 12.3. The van der Waals surface area contributed by atoms with Gasteiger partial charge in [-0.3, -0.25) is 4.79 Å². The second kappa shape index (κ2) is 6.89. The first-order valence-corrected chi connectivity index (χ1v) is 9.57. The number of amides is 1. The molecule has 0 bridgehead atoms. The van der Waals surface area contributed by atoms with E-state index in [4.69, 9.17) is 0 Å². The molecule has 2 fully saturated rings. The molecule has 1 saturated carbocycles. The van der Waals surface area contributed by atoms with Crippen LogP contribution in [0.3, 0.4) is 0 Å². The number of carbonyl (C=O) groups excluding carboxylic acids is 1. The van der Waals surface area contributed by atoms with Gasteiger partial charge in [-0.05, 0) is 26.2 Å². The first kappa shape index (κ1) is 15.8. The van der Waals surface area contributed by atoms with Gasteiger partial charge in [0.25, 0.3) is 0 Å². The number of hydrogen-bond acceptors (Lipinski definition) is 4. The van der Waals surface area contributed by atoms with Crippen molar-refractivity contribution in [3.8, 4) is 0 Å². The lowest BCUT2D eigenvalue weighted by atomic mass is 10.2. The van der Waals surface area contributed by atoms with Crippen molar-refractivity contribution in [1.29, 1.82) is 0 Å². The molecular formula is C14H26N2O3S. The molecule has 2 rings (SSSR count). The normalized spacial score (nSPS) is 25.9. The van der Waals surface area contributed by atoms with Gasteiger partial charge in [-0.1, -0.05) is 12.8 Å². The highest BCUT2D eigenvalue weighted by Crippen LogP contribution is 2.19. The van der Waals surface area contributed by atoms with Crippen LogP contribution < -0.4 is 5.32 Å². The van der Waals surface area contributed by atoms with E-state index in [-0.39, 0.29) is 23.5 Å². The van der Waals surface area contributed by atoms with Crippen molar-refractivity contribution in [2.45, 2.75) is 57.5 Å². The van der Waals surface area contributed by atoms with E-state index in [1.807, 2.05) is 6.92 Å². The monoisotopic (exact) mass is 302 g/mol. The summed E-state index contributed by atoms with van der Waals surface area (Å²) in [7, 11) is -2.93. The maximum atomic E-state index is 12.2. The number of nitrogens with zero attached hydrogens (tertiary/aromatic N) is 1. The molecule has 2 aliphatic rings. The largest absolute Gasteiger partial charge is 0.339 e. The molecule has 0 aromatic carbocycles. The highest BCUT2D eigenvalue weighted by atomic mass is 32.2. The first-order valence-electron chi connectivity index (χ1n) is 7.75. The molecule has 20 heavy (non-hydrogen) atoms. The molecule has 1 amide bonds. The third-order valence-corrected chi connectivity index (χ3v) is 6.19. The van der Waals surface area contributed by atoms with Crippen molar-refractivity contribution in [2.24, 2.45) is 0 Å². The van der Waals surface area contributed by atoms with Crippen LogP contribution in [0.1, 0.15) is 45.4 Å². The first-order chi connectivity index (χ1) is 9.52. The van der Waals surface area contributed by atoms with Gasteiger partial charge in [0.05, 0.1) is 11.5 Å². The van der Waals surface area contributed by atoms with E-state index in [2.05, 4.69) is 5.32 Å². The fourth-order valence-electron chi connectivity index (χ4n) is 3.32. The van der Waals surface area contributed by atoms with Crippen LogP contribution in [-0.2, 0) is 14.6 Å². The van der Waals surface area contributed by atoms with E-state index in [0.29, 0.717) is 32.0 Å². The fraction of sp³-hybridized carbons (Fsp3) is 0.929. The Hall–Kier alpha value is -0.620. The van der Waals surface area contributed by atoms with E-state index in [1.54, 1.807) is 4.90 Å². The Labute approximate surface area is 122 Å². The fourth-order valence-corrected chi connectivity index (χ4v) is 5.05. The third-order valence-electron chi connectivity index (χ3n) is 4.44. The molecule has 5 nitrogen and oxygen atoms in total. The molecule has 1 N–H and O–H groups in total.